The van der Waals surface area contributed by atoms with Crippen LogP contribution < -0.4 is 0 Å². The summed E-state index contributed by atoms with van der Waals surface area (Å²) in [4.78, 5) is 30.0. The van der Waals surface area contributed by atoms with Gasteiger partial charge in [0.15, 0.2) is 0 Å². The highest BCUT2D eigenvalue weighted by Crippen LogP contribution is 2.35. The van der Waals surface area contributed by atoms with E-state index in [1.807, 2.05) is 0 Å². The molecule has 3 fully saturated rings. The lowest BCUT2D eigenvalue weighted by molar-refractivity contribution is -0.144. The van der Waals surface area contributed by atoms with Crippen molar-refractivity contribution in [2.24, 2.45) is 0 Å². The fraction of sp³-hybridized carbons (Fsp3) is 0.923. The Morgan fingerprint density at radius 3 is 1.57 bits per heavy atom. The molecule has 6 nitrogen and oxygen atoms in total. The number of nitrogens with zero attached hydrogens (tertiary/aromatic N) is 2. The molecule has 0 spiro atoms. The molecule has 3 saturated heterocycles. The van der Waals surface area contributed by atoms with Gasteiger partial charge in [-0.25, -0.2) is 0 Å². The number of hydrogen-bond acceptors (Lipinski definition) is 7. The first-order valence-electron chi connectivity index (χ1n) is 13.6. The standard InChI is InChI=1S/C26H46N2O4S.2ClH/c1-3-9-21-11-5-15-27(21)17-7-19-31-25(29)23-13-14-24(33-23)26(30)32-20-8-18-28-16-6-12-22(28)10-4-2;;/h21-24H,3-20H2,1-2H3;2*1H. The summed E-state index contributed by atoms with van der Waals surface area (Å²) in [5, 5.41) is -0.442. The van der Waals surface area contributed by atoms with Crippen LogP contribution in [0.15, 0.2) is 0 Å². The first-order valence-corrected chi connectivity index (χ1v) is 14.5. The van der Waals surface area contributed by atoms with E-state index in [0.717, 1.165) is 38.0 Å². The molecular weight excluding hydrogens is 507 g/mol. The predicted octanol–water partition coefficient (Wildman–Crippen LogP) is 5.49. The van der Waals surface area contributed by atoms with Crippen LogP contribution in [0.5, 0.6) is 0 Å². The van der Waals surface area contributed by atoms with Crippen molar-refractivity contribution < 1.29 is 19.1 Å². The van der Waals surface area contributed by atoms with Gasteiger partial charge in [0.25, 0.3) is 0 Å². The van der Waals surface area contributed by atoms with E-state index in [1.165, 1.54) is 76.2 Å². The molecule has 0 aliphatic carbocycles. The number of rotatable bonds is 14. The number of hydrogen-bond donors (Lipinski definition) is 0. The fourth-order valence-corrected chi connectivity index (χ4v) is 7.05. The Hall–Kier alpha value is -0.210. The van der Waals surface area contributed by atoms with Crippen molar-refractivity contribution in [1.82, 2.24) is 9.80 Å². The van der Waals surface area contributed by atoms with E-state index in [-0.39, 0.29) is 47.3 Å². The van der Waals surface area contributed by atoms with Gasteiger partial charge in [-0.1, -0.05) is 26.7 Å². The van der Waals surface area contributed by atoms with Crippen LogP contribution in [0.1, 0.15) is 90.9 Å². The first kappa shape index (κ1) is 32.8. The van der Waals surface area contributed by atoms with E-state index in [1.54, 1.807) is 0 Å². The van der Waals surface area contributed by atoms with Crippen LogP contribution in [0.4, 0.5) is 0 Å². The lowest BCUT2D eigenvalue weighted by Gasteiger charge is -2.24. The molecule has 0 saturated carbocycles. The van der Waals surface area contributed by atoms with Gasteiger partial charge in [0.05, 0.1) is 13.2 Å². The van der Waals surface area contributed by atoms with Crippen molar-refractivity contribution in [3.8, 4) is 0 Å². The van der Waals surface area contributed by atoms with Gasteiger partial charge in [0, 0.05) is 25.2 Å². The summed E-state index contributed by atoms with van der Waals surface area (Å²) in [6.45, 7) is 9.85. The Balaban J connectivity index is 0.00000306. The highest BCUT2D eigenvalue weighted by atomic mass is 35.5. The molecule has 0 N–H and O–H groups in total. The third-order valence-corrected chi connectivity index (χ3v) is 8.97. The zero-order chi connectivity index (χ0) is 23.5. The van der Waals surface area contributed by atoms with Crippen LogP contribution in [0.3, 0.4) is 0 Å². The zero-order valence-electron chi connectivity index (χ0n) is 21.8. The summed E-state index contributed by atoms with van der Waals surface area (Å²) >= 11 is 1.44. The molecule has 0 aromatic carbocycles. The van der Waals surface area contributed by atoms with Gasteiger partial charge in [0.1, 0.15) is 10.5 Å². The van der Waals surface area contributed by atoms with Gasteiger partial charge < -0.3 is 19.3 Å². The average molecular weight is 556 g/mol. The van der Waals surface area contributed by atoms with Crippen LogP contribution in [-0.2, 0) is 19.1 Å². The molecule has 3 aliphatic rings. The highest BCUT2D eigenvalue weighted by molar-refractivity contribution is 8.02. The smallest absolute Gasteiger partial charge is 0.319 e. The lowest BCUT2D eigenvalue weighted by atomic mass is 10.1. The molecule has 0 radical (unpaired) electrons. The van der Waals surface area contributed by atoms with Gasteiger partial charge in [-0.2, -0.15) is 0 Å². The highest BCUT2D eigenvalue weighted by Gasteiger charge is 2.36. The Kier molecular flexibility index (Phi) is 17.0. The van der Waals surface area contributed by atoms with Crippen molar-refractivity contribution in [3.05, 3.63) is 0 Å². The summed E-state index contributed by atoms with van der Waals surface area (Å²) in [6.07, 6.45) is 13.4. The maximum Gasteiger partial charge on any atom is 0.319 e. The third kappa shape index (κ3) is 10.6. The second-order valence-corrected chi connectivity index (χ2v) is 11.4. The number of carbonyl (C=O) groups excluding carboxylic acids is 2. The molecule has 4 unspecified atom stereocenters. The molecule has 3 rings (SSSR count). The summed E-state index contributed by atoms with van der Waals surface area (Å²) in [7, 11) is 0. The first-order chi connectivity index (χ1) is 16.1. The lowest BCUT2D eigenvalue weighted by Crippen LogP contribution is -2.31. The molecule has 35 heavy (non-hydrogen) atoms. The number of esters is 2. The van der Waals surface area contributed by atoms with E-state index in [4.69, 9.17) is 9.47 Å². The largest absolute Gasteiger partial charge is 0.465 e. The van der Waals surface area contributed by atoms with Crippen LogP contribution >= 0.6 is 36.6 Å². The Bertz CT molecular complexity index is 566. The second-order valence-electron chi connectivity index (χ2n) is 9.97. The summed E-state index contributed by atoms with van der Waals surface area (Å²) in [6, 6.07) is 1.44. The molecule has 9 heteroatoms. The maximum atomic E-state index is 12.5. The molecule has 4 atom stereocenters. The molecule has 0 amide bonds. The predicted molar refractivity (Wildman–Crippen MR) is 149 cm³/mol. The minimum absolute atomic E-state index is 0. The Morgan fingerprint density at radius 1 is 0.743 bits per heavy atom. The van der Waals surface area contributed by atoms with E-state index < -0.39 is 0 Å². The van der Waals surface area contributed by atoms with Gasteiger partial charge in [-0.15, -0.1) is 36.6 Å². The second kappa shape index (κ2) is 18.1. The topological polar surface area (TPSA) is 59.1 Å². The summed E-state index contributed by atoms with van der Waals surface area (Å²) < 4.78 is 11.1. The number of halogens is 2. The number of carbonyl (C=O) groups is 2. The molecular formula is C26H48Cl2N2O4S. The van der Waals surface area contributed by atoms with Gasteiger partial charge in [-0.3, -0.25) is 9.59 Å². The zero-order valence-corrected chi connectivity index (χ0v) is 24.2. The van der Waals surface area contributed by atoms with Crippen LogP contribution in [0, 0.1) is 0 Å². The average Bonchev–Trinajstić information content (AvgIpc) is 3.56. The van der Waals surface area contributed by atoms with Gasteiger partial charge in [0.2, 0.25) is 0 Å². The van der Waals surface area contributed by atoms with Gasteiger partial charge >= 0.3 is 11.9 Å². The minimum atomic E-state index is -0.221. The molecule has 0 bridgehead atoms. The number of likely N-dealkylation sites (tertiary alicyclic amines) is 2. The molecule has 3 heterocycles. The van der Waals surface area contributed by atoms with Gasteiger partial charge in [-0.05, 0) is 77.3 Å². The molecule has 3 aliphatic heterocycles. The van der Waals surface area contributed by atoms with E-state index in [9.17, 15) is 9.59 Å². The van der Waals surface area contributed by atoms with Crippen LogP contribution in [0.25, 0.3) is 0 Å². The fourth-order valence-electron chi connectivity index (χ4n) is 5.75. The maximum absolute atomic E-state index is 12.5. The number of ether oxygens (including phenoxy) is 2. The van der Waals surface area contributed by atoms with E-state index >= 15 is 0 Å². The van der Waals surface area contributed by atoms with Crippen LogP contribution in [0.2, 0.25) is 0 Å². The third-order valence-electron chi connectivity index (χ3n) is 7.46. The van der Waals surface area contributed by atoms with E-state index in [0.29, 0.717) is 26.1 Å². The summed E-state index contributed by atoms with van der Waals surface area (Å²) in [5.41, 5.74) is 0. The normalized spacial score (nSPS) is 26.8. The van der Waals surface area contributed by atoms with Crippen molar-refractivity contribution in [2.45, 2.75) is 113 Å². The monoisotopic (exact) mass is 554 g/mol. The van der Waals surface area contributed by atoms with Crippen LogP contribution in [-0.4, -0.2) is 83.7 Å². The van der Waals surface area contributed by atoms with Crippen molar-refractivity contribution in [2.75, 3.05) is 39.4 Å². The summed E-state index contributed by atoms with van der Waals surface area (Å²) in [5.74, 6) is -0.310. The molecule has 206 valence electrons. The minimum Gasteiger partial charge on any atom is -0.465 e. The van der Waals surface area contributed by atoms with Crippen molar-refractivity contribution >= 4 is 48.5 Å². The molecule has 0 aromatic rings. The Labute approximate surface area is 229 Å². The van der Waals surface area contributed by atoms with Crippen molar-refractivity contribution in [1.29, 1.82) is 0 Å². The quantitative estimate of drug-likeness (QED) is 0.208. The number of thioether (sulfide) groups is 1. The Morgan fingerprint density at radius 2 is 1.17 bits per heavy atom. The van der Waals surface area contributed by atoms with E-state index in [2.05, 4.69) is 23.6 Å². The SMILES string of the molecule is CCCC1CCCN1CCCOC(=O)C1CCC(C(=O)OCCCN2CCCC2CCC)S1.Cl.Cl. The molecule has 0 aromatic heterocycles. The van der Waals surface area contributed by atoms with Crippen molar-refractivity contribution in [3.63, 3.8) is 0 Å².